The maximum atomic E-state index is 12.4. The minimum atomic E-state index is -4.76. The quantitative estimate of drug-likeness (QED) is 0.900. The highest BCUT2D eigenvalue weighted by molar-refractivity contribution is 5.79. The lowest BCUT2D eigenvalue weighted by Gasteiger charge is -2.21. The number of aryl methyl sites for hydroxylation is 1. The van der Waals surface area contributed by atoms with E-state index >= 15 is 0 Å². The Balaban J connectivity index is 1.61. The monoisotopic (exact) mass is 339 g/mol. The van der Waals surface area contributed by atoms with Gasteiger partial charge in [-0.05, 0) is 18.9 Å². The van der Waals surface area contributed by atoms with Gasteiger partial charge in [0.1, 0.15) is 5.75 Å². The highest BCUT2D eigenvalue weighted by atomic mass is 19.4. The van der Waals surface area contributed by atoms with Gasteiger partial charge < -0.3 is 15.0 Å². The van der Waals surface area contributed by atoms with Crippen LogP contribution in [0.1, 0.15) is 23.4 Å². The number of ether oxygens (including phenoxy) is 1. The number of fused-ring (bicyclic) bond motifs is 1. The van der Waals surface area contributed by atoms with E-state index in [1.807, 2.05) is 0 Å². The minimum absolute atomic E-state index is 0.0164. The predicted molar refractivity (Wildman–Crippen MR) is 79.1 cm³/mol. The van der Waals surface area contributed by atoms with Crippen molar-refractivity contribution in [3.8, 4) is 5.75 Å². The summed E-state index contributed by atoms with van der Waals surface area (Å²) in [4.78, 5) is 19.5. The molecule has 128 valence electrons. The Morgan fingerprint density at radius 1 is 1.38 bits per heavy atom. The van der Waals surface area contributed by atoms with Gasteiger partial charge in [0.05, 0.1) is 12.0 Å². The zero-order valence-electron chi connectivity index (χ0n) is 12.7. The van der Waals surface area contributed by atoms with Crippen LogP contribution in [0.15, 0.2) is 30.6 Å². The maximum absolute atomic E-state index is 12.4. The molecule has 1 atom stereocenters. The van der Waals surface area contributed by atoms with Crippen molar-refractivity contribution in [2.75, 3.05) is 0 Å². The zero-order valence-corrected chi connectivity index (χ0v) is 12.7. The molecule has 0 fully saturated rings. The van der Waals surface area contributed by atoms with E-state index in [2.05, 4.69) is 20.0 Å². The lowest BCUT2D eigenvalue weighted by Crippen LogP contribution is -2.34. The van der Waals surface area contributed by atoms with Gasteiger partial charge >= 0.3 is 6.36 Å². The van der Waals surface area contributed by atoms with E-state index in [0.29, 0.717) is 19.3 Å². The molecule has 0 bridgehead atoms. The molecular weight excluding hydrogens is 323 g/mol. The molecule has 1 aromatic carbocycles. The first-order valence-corrected chi connectivity index (χ1v) is 7.55. The molecule has 8 heteroatoms. The number of para-hydroxylation sites is 1. The Labute approximate surface area is 136 Å². The number of hydrogen-bond donors (Lipinski definition) is 2. The van der Waals surface area contributed by atoms with Gasteiger partial charge in [-0.1, -0.05) is 18.2 Å². The van der Waals surface area contributed by atoms with Crippen LogP contribution in [0.5, 0.6) is 5.75 Å². The molecule has 1 unspecified atom stereocenters. The first-order valence-electron chi connectivity index (χ1n) is 7.55. The molecule has 3 rings (SSSR count). The van der Waals surface area contributed by atoms with Crippen molar-refractivity contribution in [3.05, 3.63) is 47.5 Å². The summed E-state index contributed by atoms with van der Waals surface area (Å²) < 4.78 is 41.2. The Kier molecular flexibility index (Phi) is 4.46. The fourth-order valence-corrected chi connectivity index (χ4v) is 2.83. The van der Waals surface area contributed by atoms with Crippen LogP contribution < -0.4 is 10.1 Å². The van der Waals surface area contributed by atoms with Gasteiger partial charge in [0.25, 0.3) is 0 Å². The number of nitrogens with one attached hydrogen (secondary N) is 2. The fourth-order valence-electron chi connectivity index (χ4n) is 2.83. The largest absolute Gasteiger partial charge is 0.573 e. The van der Waals surface area contributed by atoms with Gasteiger partial charge in [-0.15, -0.1) is 13.2 Å². The van der Waals surface area contributed by atoms with Gasteiger partial charge in [0.15, 0.2) is 0 Å². The van der Waals surface area contributed by atoms with Crippen molar-refractivity contribution in [2.24, 2.45) is 5.92 Å². The summed E-state index contributed by atoms with van der Waals surface area (Å²) >= 11 is 0. The molecule has 5 nitrogen and oxygen atoms in total. The summed E-state index contributed by atoms with van der Waals surface area (Å²) in [5.41, 5.74) is 2.20. The number of imidazole rings is 1. The molecule has 1 heterocycles. The molecule has 24 heavy (non-hydrogen) atoms. The van der Waals surface area contributed by atoms with E-state index in [1.165, 1.54) is 18.2 Å². The number of amides is 1. The minimum Gasteiger partial charge on any atom is -0.405 e. The Morgan fingerprint density at radius 2 is 2.17 bits per heavy atom. The van der Waals surface area contributed by atoms with Gasteiger partial charge in [-0.3, -0.25) is 4.79 Å². The van der Waals surface area contributed by atoms with E-state index in [-0.39, 0.29) is 29.7 Å². The van der Waals surface area contributed by atoms with E-state index in [0.717, 1.165) is 11.4 Å². The van der Waals surface area contributed by atoms with Crippen molar-refractivity contribution in [3.63, 3.8) is 0 Å². The van der Waals surface area contributed by atoms with Crippen LogP contribution in [0.2, 0.25) is 0 Å². The highest BCUT2D eigenvalue weighted by Gasteiger charge is 2.32. The highest BCUT2D eigenvalue weighted by Crippen LogP contribution is 2.27. The predicted octanol–water partition coefficient (Wildman–Crippen LogP) is 2.73. The Morgan fingerprint density at radius 3 is 2.96 bits per heavy atom. The molecule has 1 aliphatic carbocycles. The van der Waals surface area contributed by atoms with Crippen molar-refractivity contribution < 1.29 is 22.7 Å². The third-order valence-electron chi connectivity index (χ3n) is 4.01. The molecule has 1 aliphatic rings. The van der Waals surface area contributed by atoms with Crippen LogP contribution in [0, 0.1) is 5.92 Å². The average Bonchev–Trinajstić information content (AvgIpc) is 2.99. The summed E-state index contributed by atoms with van der Waals surface area (Å²) in [6.07, 6.45) is -1.22. The van der Waals surface area contributed by atoms with Crippen molar-refractivity contribution in [1.29, 1.82) is 0 Å². The van der Waals surface area contributed by atoms with Crippen molar-refractivity contribution in [2.45, 2.75) is 32.2 Å². The first-order chi connectivity index (χ1) is 11.4. The molecule has 0 radical (unpaired) electrons. The lowest BCUT2D eigenvalue weighted by molar-refractivity contribution is -0.274. The van der Waals surface area contributed by atoms with Crippen LogP contribution in [0.4, 0.5) is 13.2 Å². The van der Waals surface area contributed by atoms with Crippen LogP contribution in [-0.2, 0) is 24.2 Å². The molecule has 0 aliphatic heterocycles. The van der Waals surface area contributed by atoms with Crippen molar-refractivity contribution >= 4 is 5.91 Å². The second kappa shape index (κ2) is 6.54. The number of benzene rings is 1. The van der Waals surface area contributed by atoms with Crippen LogP contribution >= 0.6 is 0 Å². The standard InChI is InChI=1S/C16H16F3N3O2/c17-16(18,19)24-14-4-2-1-3-11(14)8-20-15(23)10-5-6-12-13(7-10)22-9-21-12/h1-4,9-10H,5-8H2,(H,20,23)(H,21,22). The molecule has 0 spiro atoms. The van der Waals surface area contributed by atoms with E-state index in [9.17, 15) is 18.0 Å². The molecule has 0 saturated heterocycles. The van der Waals surface area contributed by atoms with E-state index < -0.39 is 6.36 Å². The summed E-state index contributed by atoms with van der Waals surface area (Å²) in [5.74, 6) is -0.699. The molecule has 0 saturated carbocycles. The van der Waals surface area contributed by atoms with E-state index in [4.69, 9.17) is 0 Å². The molecule has 2 N–H and O–H groups in total. The molecular formula is C16H16F3N3O2. The number of nitrogens with zero attached hydrogens (tertiary/aromatic N) is 1. The summed E-state index contributed by atoms with van der Waals surface area (Å²) in [5, 5.41) is 2.70. The lowest BCUT2D eigenvalue weighted by atomic mass is 9.89. The summed E-state index contributed by atoms with van der Waals surface area (Å²) in [7, 11) is 0. The Hall–Kier alpha value is -2.51. The SMILES string of the molecule is O=C(NCc1ccccc1OC(F)(F)F)C1CCc2nc[nH]c2C1. The number of alkyl halides is 3. The van der Waals surface area contributed by atoms with Gasteiger partial charge in [0, 0.05) is 30.1 Å². The average molecular weight is 339 g/mol. The Bertz CT molecular complexity index is 727. The molecule has 2 aromatic rings. The van der Waals surface area contributed by atoms with E-state index in [1.54, 1.807) is 12.4 Å². The van der Waals surface area contributed by atoms with Crippen LogP contribution in [0.25, 0.3) is 0 Å². The topological polar surface area (TPSA) is 67.0 Å². The number of aromatic nitrogens is 2. The smallest absolute Gasteiger partial charge is 0.405 e. The zero-order chi connectivity index (χ0) is 17.2. The number of carbonyl (C=O) groups is 1. The van der Waals surface area contributed by atoms with Gasteiger partial charge in [0.2, 0.25) is 5.91 Å². The second-order valence-corrected chi connectivity index (χ2v) is 5.64. The second-order valence-electron chi connectivity index (χ2n) is 5.64. The maximum Gasteiger partial charge on any atom is 0.573 e. The van der Waals surface area contributed by atoms with Gasteiger partial charge in [-0.2, -0.15) is 0 Å². The number of hydrogen-bond acceptors (Lipinski definition) is 3. The normalized spacial score (nSPS) is 17.2. The van der Waals surface area contributed by atoms with Gasteiger partial charge in [-0.25, -0.2) is 4.98 Å². The fraction of sp³-hybridized carbons (Fsp3) is 0.375. The van der Waals surface area contributed by atoms with Crippen LogP contribution in [-0.4, -0.2) is 22.2 Å². The number of H-pyrrole nitrogens is 1. The number of rotatable bonds is 4. The number of halogens is 3. The number of aromatic amines is 1. The first kappa shape index (κ1) is 16.4. The molecule has 1 amide bonds. The number of carbonyl (C=O) groups excluding carboxylic acids is 1. The van der Waals surface area contributed by atoms with Crippen LogP contribution in [0.3, 0.4) is 0 Å². The summed E-state index contributed by atoms with van der Waals surface area (Å²) in [6, 6.07) is 5.77. The van der Waals surface area contributed by atoms with Crippen molar-refractivity contribution in [1.82, 2.24) is 15.3 Å². The summed E-state index contributed by atoms with van der Waals surface area (Å²) in [6.45, 7) is -0.0164. The third kappa shape index (κ3) is 3.87. The molecule has 1 aromatic heterocycles. The third-order valence-corrected chi connectivity index (χ3v) is 4.01.